The van der Waals surface area contributed by atoms with Gasteiger partial charge in [0.05, 0.1) is 6.42 Å². The maximum absolute atomic E-state index is 11.8. The molecule has 1 fully saturated rings. The van der Waals surface area contributed by atoms with Gasteiger partial charge in [0.15, 0.2) is 0 Å². The first kappa shape index (κ1) is 12.9. The fraction of sp³-hybridized carbons (Fsp3) is 0.533. The standard InChI is InChI=1S/C15H22N2O/c1-11-5-6-13(7-11)10-17-15(18)9-12-3-2-4-14(16)8-12/h2-4,8,11,13H,5-7,9-10,16H2,1H3,(H,17,18). The van der Waals surface area contributed by atoms with Crippen LogP contribution in [0, 0.1) is 11.8 Å². The highest BCUT2D eigenvalue weighted by Crippen LogP contribution is 2.29. The van der Waals surface area contributed by atoms with Crippen molar-refractivity contribution < 1.29 is 4.79 Å². The second-order valence-corrected chi connectivity index (χ2v) is 5.51. The summed E-state index contributed by atoms with van der Waals surface area (Å²) in [6.07, 6.45) is 4.22. The van der Waals surface area contributed by atoms with Crippen LogP contribution in [0.15, 0.2) is 24.3 Å². The Morgan fingerprint density at radius 3 is 2.94 bits per heavy atom. The predicted octanol–water partition coefficient (Wildman–Crippen LogP) is 2.36. The summed E-state index contributed by atoms with van der Waals surface area (Å²) in [6, 6.07) is 7.52. The SMILES string of the molecule is CC1CCC(CNC(=O)Cc2cccc(N)c2)C1. The van der Waals surface area contributed by atoms with Gasteiger partial charge >= 0.3 is 0 Å². The summed E-state index contributed by atoms with van der Waals surface area (Å²) >= 11 is 0. The van der Waals surface area contributed by atoms with E-state index in [1.165, 1.54) is 19.3 Å². The Bertz CT molecular complexity index is 417. The molecule has 0 aromatic heterocycles. The molecule has 3 N–H and O–H groups in total. The summed E-state index contributed by atoms with van der Waals surface area (Å²) in [7, 11) is 0. The number of rotatable bonds is 4. The van der Waals surface area contributed by atoms with Gasteiger partial charge in [-0.2, -0.15) is 0 Å². The fourth-order valence-electron chi connectivity index (χ4n) is 2.72. The average molecular weight is 246 g/mol. The molecule has 0 heterocycles. The van der Waals surface area contributed by atoms with Crippen molar-refractivity contribution in [1.82, 2.24) is 5.32 Å². The molecule has 1 saturated carbocycles. The summed E-state index contributed by atoms with van der Waals surface area (Å²) in [4.78, 5) is 11.8. The molecular formula is C15H22N2O. The van der Waals surface area contributed by atoms with Crippen molar-refractivity contribution in [3.8, 4) is 0 Å². The van der Waals surface area contributed by atoms with E-state index in [1.807, 2.05) is 24.3 Å². The summed E-state index contributed by atoms with van der Waals surface area (Å²) in [6.45, 7) is 3.11. The van der Waals surface area contributed by atoms with Crippen molar-refractivity contribution in [3.63, 3.8) is 0 Å². The van der Waals surface area contributed by atoms with Gasteiger partial charge in [0.25, 0.3) is 0 Å². The van der Waals surface area contributed by atoms with Crippen LogP contribution in [0.5, 0.6) is 0 Å². The smallest absolute Gasteiger partial charge is 0.224 e. The van der Waals surface area contributed by atoms with Crippen molar-refractivity contribution in [2.45, 2.75) is 32.6 Å². The predicted molar refractivity (Wildman–Crippen MR) is 74.1 cm³/mol. The highest BCUT2D eigenvalue weighted by molar-refractivity contribution is 5.78. The van der Waals surface area contributed by atoms with Gasteiger partial charge in [-0.15, -0.1) is 0 Å². The molecule has 1 amide bonds. The van der Waals surface area contributed by atoms with Crippen LogP contribution in [0.2, 0.25) is 0 Å². The molecule has 3 heteroatoms. The Hall–Kier alpha value is -1.51. The minimum Gasteiger partial charge on any atom is -0.399 e. The topological polar surface area (TPSA) is 55.1 Å². The van der Waals surface area contributed by atoms with E-state index in [0.717, 1.165) is 18.0 Å². The first-order chi connectivity index (χ1) is 8.63. The molecule has 1 aliphatic carbocycles. The zero-order valence-electron chi connectivity index (χ0n) is 11.0. The van der Waals surface area contributed by atoms with E-state index in [-0.39, 0.29) is 5.91 Å². The molecule has 98 valence electrons. The number of nitrogen functional groups attached to an aromatic ring is 1. The second-order valence-electron chi connectivity index (χ2n) is 5.51. The molecule has 18 heavy (non-hydrogen) atoms. The van der Waals surface area contributed by atoms with Crippen LogP contribution in [0.25, 0.3) is 0 Å². The van der Waals surface area contributed by atoms with Crippen LogP contribution in [-0.2, 0) is 11.2 Å². The molecule has 2 unspecified atom stereocenters. The second kappa shape index (κ2) is 5.89. The minimum absolute atomic E-state index is 0.0974. The van der Waals surface area contributed by atoms with Crippen LogP contribution < -0.4 is 11.1 Å². The number of amides is 1. The zero-order valence-corrected chi connectivity index (χ0v) is 11.0. The lowest BCUT2D eigenvalue weighted by atomic mass is 10.1. The molecular weight excluding hydrogens is 224 g/mol. The van der Waals surface area contributed by atoms with Gasteiger partial charge in [0.2, 0.25) is 5.91 Å². The van der Waals surface area contributed by atoms with Crippen molar-refractivity contribution >= 4 is 11.6 Å². The largest absolute Gasteiger partial charge is 0.399 e. The summed E-state index contributed by atoms with van der Waals surface area (Å²) in [5, 5.41) is 3.03. The number of carbonyl (C=O) groups excluding carboxylic acids is 1. The van der Waals surface area contributed by atoms with Crippen LogP contribution >= 0.6 is 0 Å². The number of nitrogens with two attached hydrogens (primary N) is 1. The molecule has 0 aliphatic heterocycles. The van der Waals surface area contributed by atoms with Gasteiger partial charge < -0.3 is 11.1 Å². The summed E-state index contributed by atoms with van der Waals surface area (Å²) in [5.41, 5.74) is 7.38. The fourth-order valence-corrected chi connectivity index (χ4v) is 2.72. The van der Waals surface area contributed by atoms with E-state index in [1.54, 1.807) is 0 Å². The zero-order chi connectivity index (χ0) is 13.0. The lowest BCUT2D eigenvalue weighted by Gasteiger charge is -2.11. The van der Waals surface area contributed by atoms with Crippen molar-refractivity contribution in [3.05, 3.63) is 29.8 Å². The quantitative estimate of drug-likeness (QED) is 0.801. The van der Waals surface area contributed by atoms with Crippen LogP contribution in [0.4, 0.5) is 5.69 Å². The monoisotopic (exact) mass is 246 g/mol. The van der Waals surface area contributed by atoms with E-state index in [9.17, 15) is 4.79 Å². The lowest BCUT2D eigenvalue weighted by Crippen LogP contribution is -2.29. The Balaban J connectivity index is 1.75. The molecule has 0 spiro atoms. The molecule has 3 nitrogen and oxygen atoms in total. The molecule has 0 saturated heterocycles. The van der Waals surface area contributed by atoms with Gasteiger partial charge in [0, 0.05) is 12.2 Å². The van der Waals surface area contributed by atoms with Crippen LogP contribution in [-0.4, -0.2) is 12.5 Å². The van der Waals surface area contributed by atoms with Gasteiger partial charge in [0.1, 0.15) is 0 Å². The number of hydrogen-bond acceptors (Lipinski definition) is 2. The maximum atomic E-state index is 11.8. The highest BCUT2D eigenvalue weighted by Gasteiger charge is 2.21. The van der Waals surface area contributed by atoms with E-state index in [0.29, 0.717) is 18.0 Å². The summed E-state index contributed by atoms with van der Waals surface area (Å²) in [5.74, 6) is 1.59. The summed E-state index contributed by atoms with van der Waals surface area (Å²) < 4.78 is 0. The Morgan fingerprint density at radius 2 is 2.28 bits per heavy atom. The molecule has 2 rings (SSSR count). The molecule has 1 aromatic carbocycles. The number of anilines is 1. The Kier molecular flexibility index (Phi) is 4.24. The lowest BCUT2D eigenvalue weighted by molar-refractivity contribution is -0.120. The number of nitrogens with one attached hydrogen (secondary N) is 1. The average Bonchev–Trinajstić information content (AvgIpc) is 2.73. The van der Waals surface area contributed by atoms with Gasteiger partial charge in [-0.05, 0) is 42.4 Å². The van der Waals surface area contributed by atoms with E-state index < -0.39 is 0 Å². The molecule has 0 bridgehead atoms. The number of carbonyl (C=O) groups is 1. The van der Waals surface area contributed by atoms with Gasteiger partial charge in [-0.25, -0.2) is 0 Å². The van der Waals surface area contributed by atoms with E-state index in [2.05, 4.69) is 12.2 Å². The maximum Gasteiger partial charge on any atom is 0.224 e. The van der Waals surface area contributed by atoms with Gasteiger partial charge in [-0.3, -0.25) is 4.79 Å². The third-order valence-electron chi connectivity index (χ3n) is 3.71. The van der Waals surface area contributed by atoms with Crippen LogP contribution in [0.3, 0.4) is 0 Å². The van der Waals surface area contributed by atoms with E-state index >= 15 is 0 Å². The molecule has 1 aliphatic rings. The number of benzene rings is 1. The van der Waals surface area contributed by atoms with Crippen molar-refractivity contribution in [1.29, 1.82) is 0 Å². The van der Waals surface area contributed by atoms with Gasteiger partial charge in [-0.1, -0.05) is 25.5 Å². The van der Waals surface area contributed by atoms with E-state index in [4.69, 9.17) is 5.73 Å². The third-order valence-corrected chi connectivity index (χ3v) is 3.71. The normalized spacial score (nSPS) is 22.9. The molecule has 2 atom stereocenters. The third kappa shape index (κ3) is 3.76. The Morgan fingerprint density at radius 1 is 1.44 bits per heavy atom. The number of hydrogen-bond donors (Lipinski definition) is 2. The minimum atomic E-state index is 0.0974. The van der Waals surface area contributed by atoms with Crippen LogP contribution in [0.1, 0.15) is 31.7 Å². The molecule has 1 aromatic rings. The Labute approximate surface area is 109 Å². The highest BCUT2D eigenvalue weighted by atomic mass is 16.1. The first-order valence-corrected chi connectivity index (χ1v) is 6.74. The first-order valence-electron chi connectivity index (χ1n) is 6.74. The van der Waals surface area contributed by atoms with Crippen molar-refractivity contribution in [2.75, 3.05) is 12.3 Å². The molecule has 0 radical (unpaired) electrons. The van der Waals surface area contributed by atoms with Crippen molar-refractivity contribution in [2.24, 2.45) is 11.8 Å².